The summed E-state index contributed by atoms with van der Waals surface area (Å²) in [5, 5.41) is 45.3. The number of aliphatic hydroxyl groups excluding tert-OH is 3. The Labute approximate surface area is 142 Å². The number of nitrogens with zero attached hydrogens (tertiary/aromatic N) is 3. The third-order valence-electron chi connectivity index (χ3n) is 4.67. The van der Waals surface area contributed by atoms with Gasteiger partial charge in [0.05, 0.1) is 17.3 Å². The average molecular weight is 353 g/mol. The lowest BCUT2D eigenvalue weighted by Crippen LogP contribution is -2.65. The van der Waals surface area contributed by atoms with Crippen LogP contribution in [0.15, 0.2) is 29.8 Å². The Balaban J connectivity index is 1.89. The molecule has 3 rings (SSSR count). The fourth-order valence-electron chi connectivity index (χ4n) is 3.36. The van der Waals surface area contributed by atoms with Gasteiger partial charge in [-0.1, -0.05) is 0 Å². The monoisotopic (exact) mass is 353 g/mol. The van der Waals surface area contributed by atoms with Gasteiger partial charge in [-0.05, 0) is 18.9 Å². The number of ether oxygens (including phenoxy) is 1. The van der Waals surface area contributed by atoms with E-state index in [0.717, 1.165) is 18.4 Å². The second-order valence-electron chi connectivity index (χ2n) is 6.23. The van der Waals surface area contributed by atoms with Crippen molar-refractivity contribution in [3.05, 3.63) is 35.0 Å². The maximum atomic E-state index is 11.1. The van der Waals surface area contributed by atoms with Crippen LogP contribution < -0.4 is 9.67 Å². The number of carbonyl (C=O) groups excluding carboxylic acids is 1. The van der Waals surface area contributed by atoms with Gasteiger partial charge in [-0.25, -0.2) is 0 Å². The van der Waals surface area contributed by atoms with Gasteiger partial charge in [-0.3, -0.25) is 5.01 Å². The number of aliphatic carboxylic acids is 1. The summed E-state index contributed by atoms with van der Waals surface area (Å²) in [5.41, 5.74) is 0.737. The highest BCUT2D eigenvalue weighted by molar-refractivity contribution is 5.71. The molecule has 0 saturated carbocycles. The van der Waals surface area contributed by atoms with Gasteiger partial charge in [0.15, 0.2) is 18.5 Å². The maximum absolute atomic E-state index is 11.1. The fraction of sp³-hybridized carbons (Fsp3) is 0.600. The second kappa shape index (κ2) is 7.00. The number of aliphatic hydroxyl groups is 3. The van der Waals surface area contributed by atoms with Gasteiger partial charge >= 0.3 is 0 Å². The van der Waals surface area contributed by atoms with Gasteiger partial charge in [0.2, 0.25) is 0 Å². The molecule has 0 spiro atoms. The van der Waals surface area contributed by atoms with E-state index in [1.54, 1.807) is 18.3 Å². The molecule has 0 aliphatic carbocycles. The highest BCUT2D eigenvalue weighted by atomic mass is 16.6. The number of nitroso groups, excluding NO2 is 1. The Kier molecular flexibility index (Phi) is 4.95. The minimum absolute atomic E-state index is 0.224. The second-order valence-corrected chi connectivity index (χ2v) is 6.23. The lowest BCUT2D eigenvalue weighted by molar-refractivity contribution is -0.777. The number of hydrogen-bond acceptors (Lipinski definition) is 8. The van der Waals surface area contributed by atoms with Crippen LogP contribution in [0.25, 0.3) is 0 Å². The number of carboxylic acids is 1. The third kappa shape index (κ3) is 3.21. The molecule has 0 amide bonds. The van der Waals surface area contributed by atoms with Crippen LogP contribution in [0.4, 0.5) is 0 Å². The largest absolute Gasteiger partial charge is 0.547 e. The molecule has 136 valence electrons. The molecule has 0 bridgehead atoms. The molecule has 1 unspecified atom stereocenters. The molecule has 2 saturated heterocycles. The molecule has 6 atom stereocenters. The van der Waals surface area contributed by atoms with Crippen molar-refractivity contribution in [3.63, 3.8) is 0 Å². The smallest absolute Gasteiger partial charge is 0.292 e. The molecule has 0 aromatic carbocycles. The van der Waals surface area contributed by atoms with Crippen molar-refractivity contribution in [2.24, 2.45) is 5.29 Å². The van der Waals surface area contributed by atoms with Crippen LogP contribution in [0.2, 0.25) is 0 Å². The normalized spacial score (nSPS) is 35.6. The zero-order chi connectivity index (χ0) is 18.1. The van der Waals surface area contributed by atoms with E-state index in [1.165, 1.54) is 15.8 Å². The van der Waals surface area contributed by atoms with Crippen molar-refractivity contribution in [2.45, 2.75) is 49.5 Å². The first-order valence-corrected chi connectivity index (χ1v) is 7.95. The zero-order valence-electron chi connectivity index (χ0n) is 13.2. The van der Waals surface area contributed by atoms with E-state index in [2.05, 4.69) is 5.29 Å². The minimum Gasteiger partial charge on any atom is -0.547 e. The quantitative estimate of drug-likeness (QED) is 0.398. The SMILES string of the molecule is O=NN1CCCC1c1ccc[n+]([C@@H]2O[C@H](C(=O)[O-])[C@@H](O)[C@H](O)[C@H]2O)c1. The van der Waals surface area contributed by atoms with Gasteiger partial charge < -0.3 is 30.0 Å². The van der Waals surface area contributed by atoms with E-state index in [9.17, 15) is 30.1 Å². The summed E-state index contributed by atoms with van der Waals surface area (Å²) in [6.07, 6.45) is -3.41. The molecule has 10 heteroatoms. The first kappa shape index (κ1) is 17.7. The predicted octanol–water partition coefficient (Wildman–Crippen LogP) is -2.48. The van der Waals surface area contributed by atoms with Crippen molar-refractivity contribution in [2.75, 3.05) is 6.54 Å². The van der Waals surface area contributed by atoms with E-state index < -0.39 is 36.6 Å². The molecule has 2 aliphatic heterocycles. The van der Waals surface area contributed by atoms with Crippen molar-refractivity contribution in [1.82, 2.24) is 5.01 Å². The van der Waals surface area contributed by atoms with Crippen LogP contribution in [0, 0.1) is 4.91 Å². The fourth-order valence-corrected chi connectivity index (χ4v) is 3.36. The van der Waals surface area contributed by atoms with Crippen LogP contribution in [-0.2, 0) is 9.53 Å². The van der Waals surface area contributed by atoms with E-state index in [1.807, 2.05) is 0 Å². The van der Waals surface area contributed by atoms with Gasteiger partial charge in [0.1, 0.15) is 18.3 Å². The average Bonchev–Trinajstić information content (AvgIpc) is 3.08. The summed E-state index contributed by atoms with van der Waals surface area (Å²) < 4.78 is 6.64. The Bertz CT molecular complexity index is 658. The molecule has 1 aromatic rings. The Morgan fingerprint density at radius 2 is 2.08 bits per heavy atom. The maximum Gasteiger partial charge on any atom is 0.292 e. The molecule has 0 radical (unpaired) electrons. The van der Waals surface area contributed by atoms with Crippen LogP contribution in [-0.4, -0.2) is 57.3 Å². The lowest BCUT2D eigenvalue weighted by Gasteiger charge is -2.37. The molecule has 2 fully saturated rings. The van der Waals surface area contributed by atoms with Crippen LogP contribution in [0.1, 0.15) is 30.7 Å². The van der Waals surface area contributed by atoms with Crippen molar-refractivity contribution >= 4 is 5.97 Å². The van der Waals surface area contributed by atoms with E-state index in [4.69, 9.17) is 4.74 Å². The Hall–Kier alpha value is -2.14. The van der Waals surface area contributed by atoms with Crippen LogP contribution in [0.5, 0.6) is 0 Å². The van der Waals surface area contributed by atoms with E-state index >= 15 is 0 Å². The number of aromatic nitrogens is 1. The van der Waals surface area contributed by atoms with Crippen LogP contribution in [0.3, 0.4) is 0 Å². The zero-order valence-corrected chi connectivity index (χ0v) is 13.2. The number of carboxylic acid groups (broad SMARTS) is 1. The molecule has 10 nitrogen and oxygen atoms in total. The van der Waals surface area contributed by atoms with Gasteiger partial charge in [0, 0.05) is 18.2 Å². The van der Waals surface area contributed by atoms with Crippen LogP contribution >= 0.6 is 0 Å². The molecule has 25 heavy (non-hydrogen) atoms. The lowest BCUT2D eigenvalue weighted by atomic mass is 9.97. The molecule has 3 heterocycles. The van der Waals surface area contributed by atoms with E-state index in [-0.39, 0.29) is 6.04 Å². The summed E-state index contributed by atoms with van der Waals surface area (Å²) in [7, 11) is 0. The molecular formula is C15H19N3O7. The summed E-state index contributed by atoms with van der Waals surface area (Å²) in [5.74, 6) is -1.69. The predicted molar refractivity (Wildman–Crippen MR) is 78.1 cm³/mol. The summed E-state index contributed by atoms with van der Waals surface area (Å²) in [6.45, 7) is 0.545. The Morgan fingerprint density at radius 3 is 2.76 bits per heavy atom. The van der Waals surface area contributed by atoms with Gasteiger partial charge in [-0.2, -0.15) is 4.57 Å². The topological polar surface area (TPSA) is 147 Å². The van der Waals surface area contributed by atoms with E-state index in [0.29, 0.717) is 6.54 Å². The van der Waals surface area contributed by atoms with Gasteiger partial charge in [-0.15, -0.1) is 4.91 Å². The first-order valence-electron chi connectivity index (χ1n) is 7.95. The van der Waals surface area contributed by atoms with Crippen molar-refractivity contribution in [1.29, 1.82) is 0 Å². The first-order chi connectivity index (χ1) is 11.9. The molecular weight excluding hydrogens is 334 g/mol. The number of hydrogen-bond donors (Lipinski definition) is 3. The minimum atomic E-state index is -1.80. The summed E-state index contributed by atoms with van der Waals surface area (Å²) in [6, 6.07) is 3.21. The molecule has 1 aromatic heterocycles. The highest BCUT2D eigenvalue weighted by Crippen LogP contribution is 2.32. The number of carbonyl (C=O) groups is 1. The number of pyridine rings is 1. The summed E-state index contributed by atoms with van der Waals surface area (Å²) in [4.78, 5) is 22.0. The van der Waals surface area contributed by atoms with Crippen molar-refractivity contribution < 1.29 is 34.5 Å². The van der Waals surface area contributed by atoms with Crippen molar-refractivity contribution in [3.8, 4) is 0 Å². The highest BCUT2D eigenvalue weighted by Gasteiger charge is 2.49. The number of rotatable bonds is 4. The standard InChI is InChI=1S/C15H19N3O7/c19-10-11(20)13(15(22)23)25-14(12(10)21)17-5-1-3-8(7-17)9-4-2-6-18(9)16-24/h1,3,5,7,9-14,19-21H,2,4,6H2/t9?,10-,11-,12+,13-,14+/m0/s1. The Morgan fingerprint density at radius 1 is 1.32 bits per heavy atom. The molecule has 3 N–H and O–H groups in total. The van der Waals surface area contributed by atoms with Gasteiger partial charge in [0.25, 0.3) is 6.23 Å². The molecule has 2 aliphatic rings. The third-order valence-corrected chi connectivity index (χ3v) is 4.67. The summed E-state index contributed by atoms with van der Waals surface area (Å²) >= 11 is 0.